The molecule has 1 saturated heterocycles. The van der Waals surface area contributed by atoms with E-state index < -0.39 is 6.10 Å². The fourth-order valence-corrected chi connectivity index (χ4v) is 2.36. The predicted molar refractivity (Wildman–Crippen MR) is 69.2 cm³/mol. The van der Waals surface area contributed by atoms with E-state index in [0.29, 0.717) is 6.04 Å². The standard InChI is InChI=1S/C13H21N3O/c1-10(17)12-5-4-7-14-13(12)16-8-6-11(9-16)15(2)3/h4-5,7,10-11,17H,6,8-9H2,1-3H3/t10-,11?/m1/s1. The van der Waals surface area contributed by atoms with E-state index in [9.17, 15) is 5.11 Å². The maximum atomic E-state index is 9.76. The number of aliphatic hydroxyl groups excluding tert-OH is 1. The fourth-order valence-electron chi connectivity index (χ4n) is 2.36. The van der Waals surface area contributed by atoms with Crippen molar-refractivity contribution in [1.29, 1.82) is 0 Å². The highest BCUT2D eigenvalue weighted by atomic mass is 16.3. The van der Waals surface area contributed by atoms with Crippen molar-refractivity contribution >= 4 is 5.82 Å². The Hall–Kier alpha value is -1.13. The van der Waals surface area contributed by atoms with E-state index in [1.165, 1.54) is 0 Å². The zero-order valence-electron chi connectivity index (χ0n) is 10.8. The van der Waals surface area contributed by atoms with Crippen LogP contribution in [-0.2, 0) is 0 Å². The Kier molecular flexibility index (Phi) is 3.64. The zero-order chi connectivity index (χ0) is 12.4. The number of anilines is 1. The molecule has 4 heteroatoms. The van der Waals surface area contributed by atoms with Gasteiger partial charge in [0, 0.05) is 30.9 Å². The molecule has 1 fully saturated rings. The van der Waals surface area contributed by atoms with Crippen LogP contribution in [0.1, 0.15) is 25.0 Å². The second kappa shape index (κ2) is 5.02. The van der Waals surface area contributed by atoms with Gasteiger partial charge in [-0.2, -0.15) is 0 Å². The van der Waals surface area contributed by atoms with Crippen LogP contribution in [-0.4, -0.2) is 48.2 Å². The van der Waals surface area contributed by atoms with Gasteiger partial charge in [0.15, 0.2) is 0 Å². The van der Waals surface area contributed by atoms with Crippen molar-refractivity contribution in [2.45, 2.75) is 25.5 Å². The average Bonchev–Trinajstić information content (AvgIpc) is 2.78. The first-order valence-electron chi connectivity index (χ1n) is 6.14. The molecule has 17 heavy (non-hydrogen) atoms. The highest BCUT2D eigenvalue weighted by Gasteiger charge is 2.26. The smallest absolute Gasteiger partial charge is 0.134 e. The third-order valence-corrected chi connectivity index (χ3v) is 3.46. The van der Waals surface area contributed by atoms with Gasteiger partial charge in [-0.25, -0.2) is 4.98 Å². The summed E-state index contributed by atoms with van der Waals surface area (Å²) in [4.78, 5) is 8.95. The SMILES string of the molecule is C[C@@H](O)c1cccnc1N1CCC(N(C)C)C1. The molecular weight excluding hydrogens is 214 g/mol. The van der Waals surface area contributed by atoms with Gasteiger partial charge < -0.3 is 14.9 Å². The summed E-state index contributed by atoms with van der Waals surface area (Å²) in [6, 6.07) is 4.42. The summed E-state index contributed by atoms with van der Waals surface area (Å²) in [6.45, 7) is 3.79. The Morgan fingerprint density at radius 1 is 1.53 bits per heavy atom. The van der Waals surface area contributed by atoms with Crippen LogP contribution in [0.15, 0.2) is 18.3 Å². The fraction of sp³-hybridized carbons (Fsp3) is 0.615. The highest BCUT2D eigenvalue weighted by Crippen LogP contribution is 2.27. The zero-order valence-corrected chi connectivity index (χ0v) is 10.8. The van der Waals surface area contributed by atoms with Gasteiger partial charge in [-0.15, -0.1) is 0 Å². The van der Waals surface area contributed by atoms with Gasteiger partial charge >= 0.3 is 0 Å². The van der Waals surface area contributed by atoms with E-state index in [1.54, 1.807) is 13.1 Å². The Bertz CT molecular complexity index is 379. The molecule has 1 aromatic heterocycles. The minimum Gasteiger partial charge on any atom is -0.389 e. The van der Waals surface area contributed by atoms with Gasteiger partial charge in [0.2, 0.25) is 0 Å². The largest absolute Gasteiger partial charge is 0.389 e. The number of hydrogen-bond acceptors (Lipinski definition) is 4. The van der Waals surface area contributed by atoms with Crippen LogP contribution in [0.2, 0.25) is 0 Å². The summed E-state index contributed by atoms with van der Waals surface area (Å²) in [7, 11) is 4.23. The third-order valence-electron chi connectivity index (χ3n) is 3.46. The van der Waals surface area contributed by atoms with Gasteiger partial charge in [-0.3, -0.25) is 0 Å². The molecular formula is C13H21N3O. The van der Waals surface area contributed by atoms with E-state index in [2.05, 4.69) is 28.9 Å². The van der Waals surface area contributed by atoms with Crippen LogP contribution >= 0.6 is 0 Å². The van der Waals surface area contributed by atoms with Crippen molar-refractivity contribution in [3.05, 3.63) is 23.9 Å². The third kappa shape index (κ3) is 2.58. The van der Waals surface area contributed by atoms with E-state index in [1.807, 2.05) is 12.1 Å². The molecule has 2 heterocycles. The lowest BCUT2D eigenvalue weighted by Gasteiger charge is -2.23. The van der Waals surface area contributed by atoms with Crippen LogP contribution < -0.4 is 4.90 Å². The highest BCUT2D eigenvalue weighted by molar-refractivity contribution is 5.48. The molecule has 0 radical (unpaired) electrons. The molecule has 1 aromatic rings. The Morgan fingerprint density at radius 2 is 2.29 bits per heavy atom. The van der Waals surface area contributed by atoms with Crippen molar-refractivity contribution in [2.75, 3.05) is 32.1 Å². The normalized spacial score (nSPS) is 22.2. The Balaban J connectivity index is 2.18. The summed E-state index contributed by atoms with van der Waals surface area (Å²) in [6.07, 6.45) is 2.49. The molecule has 1 aliphatic heterocycles. The van der Waals surface area contributed by atoms with Crippen LogP contribution in [0.25, 0.3) is 0 Å². The second-order valence-corrected chi connectivity index (χ2v) is 4.94. The molecule has 0 amide bonds. The molecule has 0 saturated carbocycles. The van der Waals surface area contributed by atoms with Crippen LogP contribution in [0, 0.1) is 0 Å². The molecule has 0 spiro atoms. The van der Waals surface area contributed by atoms with Crippen molar-refractivity contribution in [3.8, 4) is 0 Å². The Morgan fingerprint density at radius 3 is 2.88 bits per heavy atom. The maximum absolute atomic E-state index is 9.76. The molecule has 0 aliphatic carbocycles. The lowest BCUT2D eigenvalue weighted by atomic mass is 10.1. The van der Waals surface area contributed by atoms with Crippen LogP contribution in [0.4, 0.5) is 5.82 Å². The van der Waals surface area contributed by atoms with Gasteiger partial charge in [0.25, 0.3) is 0 Å². The van der Waals surface area contributed by atoms with E-state index in [4.69, 9.17) is 0 Å². The van der Waals surface area contributed by atoms with Crippen molar-refractivity contribution in [3.63, 3.8) is 0 Å². The predicted octanol–water partition coefficient (Wildman–Crippen LogP) is 1.28. The number of aliphatic hydroxyl groups is 1. The van der Waals surface area contributed by atoms with E-state index in [-0.39, 0.29) is 0 Å². The topological polar surface area (TPSA) is 39.6 Å². The lowest BCUT2D eigenvalue weighted by molar-refractivity contribution is 0.199. The molecule has 94 valence electrons. The summed E-state index contributed by atoms with van der Waals surface area (Å²) < 4.78 is 0. The summed E-state index contributed by atoms with van der Waals surface area (Å²) >= 11 is 0. The van der Waals surface area contributed by atoms with Crippen LogP contribution in [0.5, 0.6) is 0 Å². The molecule has 0 aromatic carbocycles. The second-order valence-electron chi connectivity index (χ2n) is 4.94. The number of nitrogens with zero attached hydrogens (tertiary/aromatic N) is 3. The summed E-state index contributed by atoms with van der Waals surface area (Å²) in [5.74, 6) is 0.937. The number of pyridine rings is 1. The number of rotatable bonds is 3. The molecule has 2 atom stereocenters. The monoisotopic (exact) mass is 235 g/mol. The molecule has 4 nitrogen and oxygen atoms in total. The lowest BCUT2D eigenvalue weighted by Crippen LogP contribution is -2.32. The van der Waals surface area contributed by atoms with Gasteiger partial charge in [-0.1, -0.05) is 6.07 Å². The maximum Gasteiger partial charge on any atom is 0.134 e. The summed E-state index contributed by atoms with van der Waals surface area (Å²) in [5.41, 5.74) is 0.923. The quantitative estimate of drug-likeness (QED) is 0.856. The molecule has 0 bridgehead atoms. The average molecular weight is 235 g/mol. The van der Waals surface area contributed by atoms with E-state index in [0.717, 1.165) is 30.9 Å². The number of aromatic nitrogens is 1. The molecule has 1 N–H and O–H groups in total. The number of hydrogen-bond donors (Lipinski definition) is 1. The van der Waals surface area contributed by atoms with Gasteiger partial charge in [-0.05, 0) is 33.5 Å². The summed E-state index contributed by atoms with van der Waals surface area (Å²) in [5, 5.41) is 9.76. The van der Waals surface area contributed by atoms with Gasteiger partial charge in [0.05, 0.1) is 6.10 Å². The van der Waals surface area contributed by atoms with E-state index >= 15 is 0 Å². The first kappa shape index (κ1) is 12.3. The van der Waals surface area contributed by atoms with Crippen molar-refractivity contribution in [2.24, 2.45) is 0 Å². The van der Waals surface area contributed by atoms with Crippen molar-refractivity contribution in [1.82, 2.24) is 9.88 Å². The minimum absolute atomic E-state index is 0.461. The van der Waals surface area contributed by atoms with Gasteiger partial charge in [0.1, 0.15) is 5.82 Å². The Labute approximate surface area is 103 Å². The first-order valence-corrected chi connectivity index (χ1v) is 6.14. The minimum atomic E-state index is -0.461. The van der Waals surface area contributed by atoms with Crippen LogP contribution in [0.3, 0.4) is 0 Å². The number of likely N-dealkylation sites (N-methyl/N-ethyl adjacent to an activating group) is 1. The molecule has 2 rings (SSSR count). The van der Waals surface area contributed by atoms with Crippen molar-refractivity contribution < 1.29 is 5.11 Å². The first-order chi connectivity index (χ1) is 8.09. The molecule has 1 unspecified atom stereocenters. The molecule has 1 aliphatic rings.